The SMILES string of the molecule is NCc1cccc(Br)c1OCCCC(F)(F)F. The van der Waals surface area contributed by atoms with Crippen molar-refractivity contribution in [2.75, 3.05) is 6.61 Å². The molecule has 1 aromatic rings. The van der Waals surface area contributed by atoms with E-state index < -0.39 is 12.6 Å². The number of hydrogen-bond acceptors (Lipinski definition) is 2. The van der Waals surface area contributed by atoms with Crippen molar-refractivity contribution >= 4 is 15.9 Å². The van der Waals surface area contributed by atoms with Gasteiger partial charge in [0.2, 0.25) is 0 Å². The average molecular weight is 312 g/mol. The Kier molecular flexibility index (Phi) is 5.27. The number of para-hydroxylation sites is 1. The van der Waals surface area contributed by atoms with Crippen LogP contribution in [0.4, 0.5) is 13.2 Å². The molecule has 0 bridgehead atoms. The van der Waals surface area contributed by atoms with Crippen molar-refractivity contribution in [1.29, 1.82) is 0 Å². The van der Waals surface area contributed by atoms with Crippen LogP contribution in [0.25, 0.3) is 0 Å². The van der Waals surface area contributed by atoms with E-state index in [1.54, 1.807) is 18.2 Å². The molecule has 0 fully saturated rings. The van der Waals surface area contributed by atoms with E-state index >= 15 is 0 Å². The first-order chi connectivity index (χ1) is 7.94. The maximum absolute atomic E-state index is 11.9. The summed E-state index contributed by atoms with van der Waals surface area (Å²) in [6, 6.07) is 5.34. The van der Waals surface area contributed by atoms with E-state index in [0.29, 0.717) is 10.2 Å². The standard InChI is InChI=1S/C11H13BrF3NO/c12-9-4-1-3-8(7-16)10(9)17-6-2-5-11(13,14)15/h1,3-4H,2,5-7,16H2. The van der Waals surface area contributed by atoms with Gasteiger partial charge >= 0.3 is 6.18 Å². The first-order valence-corrected chi connectivity index (χ1v) is 5.90. The molecule has 0 radical (unpaired) electrons. The second kappa shape index (κ2) is 6.26. The second-order valence-electron chi connectivity index (χ2n) is 3.50. The van der Waals surface area contributed by atoms with Gasteiger partial charge in [-0.1, -0.05) is 12.1 Å². The molecule has 0 aromatic heterocycles. The summed E-state index contributed by atoms with van der Waals surface area (Å²) in [7, 11) is 0. The van der Waals surface area contributed by atoms with Gasteiger partial charge in [0, 0.05) is 18.5 Å². The topological polar surface area (TPSA) is 35.2 Å². The zero-order chi connectivity index (χ0) is 12.9. The van der Waals surface area contributed by atoms with Crippen LogP contribution in [0, 0.1) is 0 Å². The fraction of sp³-hybridized carbons (Fsp3) is 0.455. The minimum absolute atomic E-state index is 0.0229. The van der Waals surface area contributed by atoms with Crippen LogP contribution in [0.1, 0.15) is 18.4 Å². The van der Waals surface area contributed by atoms with Crippen LogP contribution in [-0.2, 0) is 6.54 Å². The molecule has 1 aromatic carbocycles. The Morgan fingerprint density at radius 3 is 2.59 bits per heavy atom. The van der Waals surface area contributed by atoms with Crippen molar-refractivity contribution in [3.05, 3.63) is 28.2 Å². The smallest absolute Gasteiger partial charge is 0.389 e. The summed E-state index contributed by atoms with van der Waals surface area (Å²) in [5.74, 6) is 0.525. The summed E-state index contributed by atoms with van der Waals surface area (Å²) in [5.41, 5.74) is 6.28. The summed E-state index contributed by atoms with van der Waals surface area (Å²) in [6.45, 7) is 0.309. The summed E-state index contributed by atoms with van der Waals surface area (Å²) in [6.07, 6.45) is -5.03. The molecule has 2 N–H and O–H groups in total. The molecule has 0 heterocycles. The van der Waals surface area contributed by atoms with Crippen LogP contribution in [0.2, 0.25) is 0 Å². The molecule has 0 atom stereocenters. The van der Waals surface area contributed by atoms with Crippen LogP contribution in [0.3, 0.4) is 0 Å². The highest BCUT2D eigenvalue weighted by molar-refractivity contribution is 9.10. The maximum Gasteiger partial charge on any atom is 0.389 e. The average Bonchev–Trinajstić information content (AvgIpc) is 2.24. The zero-order valence-corrected chi connectivity index (χ0v) is 10.6. The number of benzene rings is 1. The second-order valence-corrected chi connectivity index (χ2v) is 4.35. The first-order valence-electron chi connectivity index (χ1n) is 5.11. The first kappa shape index (κ1) is 14.3. The molecule has 2 nitrogen and oxygen atoms in total. The van der Waals surface area contributed by atoms with Crippen LogP contribution < -0.4 is 10.5 Å². The molecule has 0 saturated carbocycles. The monoisotopic (exact) mass is 311 g/mol. The lowest BCUT2D eigenvalue weighted by molar-refractivity contribution is -0.136. The molecule has 96 valence electrons. The van der Waals surface area contributed by atoms with Crippen molar-refractivity contribution < 1.29 is 17.9 Å². The quantitative estimate of drug-likeness (QED) is 0.843. The molecule has 0 aliphatic carbocycles. The number of rotatable bonds is 5. The minimum Gasteiger partial charge on any atom is -0.492 e. The van der Waals surface area contributed by atoms with Crippen LogP contribution in [0.5, 0.6) is 5.75 Å². The Bertz CT molecular complexity index is 368. The van der Waals surface area contributed by atoms with E-state index in [1.807, 2.05) is 0 Å². The molecule has 1 rings (SSSR count). The predicted octanol–water partition coefficient (Wildman–Crippen LogP) is 3.63. The van der Waals surface area contributed by atoms with Gasteiger partial charge in [-0.3, -0.25) is 0 Å². The van der Waals surface area contributed by atoms with E-state index in [1.165, 1.54) is 0 Å². The third-order valence-electron chi connectivity index (χ3n) is 2.12. The number of hydrogen-bond donors (Lipinski definition) is 1. The van der Waals surface area contributed by atoms with Gasteiger partial charge in [-0.15, -0.1) is 0 Å². The molecule has 0 aliphatic rings. The highest BCUT2D eigenvalue weighted by Crippen LogP contribution is 2.29. The highest BCUT2D eigenvalue weighted by atomic mass is 79.9. The third kappa shape index (κ3) is 4.95. The van der Waals surface area contributed by atoms with E-state index in [-0.39, 0.29) is 19.6 Å². The largest absolute Gasteiger partial charge is 0.492 e. The van der Waals surface area contributed by atoms with Crippen molar-refractivity contribution in [1.82, 2.24) is 0 Å². The Morgan fingerprint density at radius 1 is 1.29 bits per heavy atom. The molecule has 0 unspecified atom stereocenters. The molecule has 0 spiro atoms. The third-order valence-corrected chi connectivity index (χ3v) is 2.74. The van der Waals surface area contributed by atoms with Crippen LogP contribution in [0.15, 0.2) is 22.7 Å². The fourth-order valence-electron chi connectivity index (χ4n) is 1.32. The summed E-state index contributed by atoms with van der Waals surface area (Å²) < 4.78 is 41.8. The number of nitrogens with two attached hydrogens (primary N) is 1. The molecule has 17 heavy (non-hydrogen) atoms. The van der Waals surface area contributed by atoms with E-state index in [2.05, 4.69) is 15.9 Å². The maximum atomic E-state index is 11.9. The molecular formula is C11H13BrF3NO. The zero-order valence-electron chi connectivity index (χ0n) is 9.06. The summed E-state index contributed by atoms with van der Waals surface area (Å²) in [4.78, 5) is 0. The van der Waals surface area contributed by atoms with Crippen LogP contribution >= 0.6 is 15.9 Å². The van der Waals surface area contributed by atoms with Gasteiger partial charge in [-0.05, 0) is 28.4 Å². The molecule has 0 aliphatic heterocycles. The van der Waals surface area contributed by atoms with Gasteiger partial charge in [0.1, 0.15) is 5.75 Å². The normalized spacial score (nSPS) is 11.6. The van der Waals surface area contributed by atoms with Gasteiger partial charge < -0.3 is 10.5 Å². The lowest BCUT2D eigenvalue weighted by atomic mass is 10.2. The fourth-order valence-corrected chi connectivity index (χ4v) is 1.84. The van der Waals surface area contributed by atoms with E-state index in [4.69, 9.17) is 10.5 Å². The number of halogens is 4. The van der Waals surface area contributed by atoms with Gasteiger partial charge in [-0.2, -0.15) is 13.2 Å². The number of ether oxygens (including phenoxy) is 1. The van der Waals surface area contributed by atoms with Crippen LogP contribution in [-0.4, -0.2) is 12.8 Å². The lowest BCUT2D eigenvalue weighted by Crippen LogP contribution is -2.10. The number of alkyl halides is 3. The van der Waals surface area contributed by atoms with Crippen molar-refractivity contribution in [3.8, 4) is 5.75 Å². The Hall–Kier alpha value is -0.750. The summed E-state index contributed by atoms with van der Waals surface area (Å²) >= 11 is 3.28. The minimum atomic E-state index is -4.13. The van der Waals surface area contributed by atoms with Crippen molar-refractivity contribution in [2.45, 2.75) is 25.6 Å². The Morgan fingerprint density at radius 2 is 2.00 bits per heavy atom. The molecular weight excluding hydrogens is 299 g/mol. The molecule has 0 amide bonds. The van der Waals surface area contributed by atoms with Gasteiger partial charge in [0.15, 0.2) is 0 Å². The van der Waals surface area contributed by atoms with Gasteiger partial charge in [0.05, 0.1) is 11.1 Å². The molecule has 0 saturated heterocycles. The Balaban J connectivity index is 2.52. The van der Waals surface area contributed by atoms with Gasteiger partial charge in [-0.25, -0.2) is 0 Å². The van der Waals surface area contributed by atoms with Crippen molar-refractivity contribution in [2.24, 2.45) is 5.73 Å². The van der Waals surface area contributed by atoms with Gasteiger partial charge in [0.25, 0.3) is 0 Å². The van der Waals surface area contributed by atoms with E-state index in [9.17, 15) is 13.2 Å². The highest BCUT2D eigenvalue weighted by Gasteiger charge is 2.26. The predicted molar refractivity (Wildman–Crippen MR) is 62.8 cm³/mol. The summed E-state index contributed by atoms with van der Waals surface area (Å²) in [5, 5.41) is 0. The lowest BCUT2D eigenvalue weighted by Gasteiger charge is -2.12. The molecule has 6 heteroatoms. The van der Waals surface area contributed by atoms with E-state index in [0.717, 1.165) is 5.56 Å². The van der Waals surface area contributed by atoms with Crippen molar-refractivity contribution in [3.63, 3.8) is 0 Å². The Labute approximate surface area is 106 Å².